The van der Waals surface area contributed by atoms with E-state index in [-0.39, 0.29) is 11.1 Å². The number of aliphatic hydroxyl groups is 2. The molecule has 146 valence electrons. The zero-order valence-electron chi connectivity index (χ0n) is 16.0. The van der Waals surface area contributed by atoms with Gasteiger partial charge < -0.3 is 19.7 Å². The Kier molecular flexibility index (Phi) is 8.49. The van der Waals surface area contributed by atoms with Gasteiger partial charge in [-0.15, -0.1) is 8.75 Å². The SMILES string of the molecule is CC(C)(C)NC(O)CCOc1nsnc1OCCC(O)NC(C)(C)C. The van der Waals surface area contributed by atoms with Crippen LogP contribution < -0.4 is 20.1 Å². The summed E-state index contributed by atoms with van der Waals surface area (Å²) < 4.78 is 19.2. The first-order valence-electron chi connectivity index (χ1n) is 8.46. The number of rotatable bonds is 10. The van der Waals surface area contributed by atoms with Crippen LogP contribution in [0.3, 0.4) is 0 Å². The second-order valence-electron chi connectivity index (χ2n) is 7.97. The summed E-state index contributed by atoms with van der Waals surface area (Å²) in [5.41, 5.74) is -0.338. The van der Waals surface area contributed by atoms with E-state index in [4.69, 9.17) is 9.47 Å². The molecular formula is C16H32N4O4S. The standard InChI is InChI=1S/C16H32N4O4S/c1-15(2,3)17-11(21)7-9-23-13-14(20-25-19-13)24-10-8-12(22)18-16(4,5)6/h11-12,17-18,21-22H,7-10H2,1-6H3. The van der Waals surface area contributed by atoms with Gasteiger partial charge in [-0.25, -0.2) is 0 Å². The monoisotopic (exact) mass is 376 g/mol. The minimum Gasteiger partial charge on any atom is -0.473 e. The van der Waals surface area contributed by atoms with Crippen LogP contribution in [0.25, 0.3) is 0 Å². The predicted octanol–water partition coefficient (Wildman–Crippen LogP) is 1.49. The minimum atomic E-state index is -0.658. The van der Waals surface area contributed by atoms with Crippen molar-refractivity contribution in [3.05, 3.63) is 0 Å². The van der Waals surface area contributed by atoms with E-state index in [0.29, 0.717) is 37.8 Å². The van der Waals surface area contributed by atoms with Crippen LogP contribution in [0.2, 0.25) is 0 Å². The van der Waals surface area contributed by atoms with E-state index in [9.17, 15) is 10.2 Å². The smallest absolute Gasteiger partial charge is 0.291 e. The molecule has 9 heteroatoms. The molecule has 0 saturated carbocycles. The summed E-state index contributed by atoms with van der Waals surface area (Å²) >= 11 is 0.998. The third-order valence-electron chi connectivity index (χ3n) is 2.89. The van der Waals surface area contributed by atoms with Gasteiger partial charge in [0.2, 0.25) is 0 Å². The highest BCUT2D eigenvalue weighted by molar-refractivity contribution is 6.99. The van der Waals surface area contributed by atoms with Crippen LogP contribution in [0, 0.1) is 0 Å². The molecule has 2 atom stereocenters. The summed E-state index contributed by atoms with van der Waals surface area (Å²) in [7, 11) is 0. The molecular weight excluding hydrogens is 344 g/mol. The molecule has 1 heterocycles. The lowest BCUT2D eigenvalue weighted by Gasteiger charge is -2.25. The highest BCUT2D eigenvalue weighted by atomic mass is 32.1. The Labute approximate surface area is 154 Å². The average Bonchev–Trinajstić information content (AvgIpc) is 2.82. The lowest BCUT2D eigenvalue weighted by Crippen LogP contribution is -2.44. The molecule has 1 aromatic heterocycles. The van der Waals surface area contributed by atoms with Gasteiger partial charge in [-0.05, 0) is 41.5 Å². The van der Waals surface area contributed by atoms with Gasteiger partial charge in [0.15, 0.2) is 0 Å². The lowest BCUT2D eigenvalue weighted by atomic mass is 10.1. The van der Waals surface area contributed by atoms with Crippen molar-refractivity contribution >= 4 is 11.7 Å². The zero-order valence-corrected chi connectivity index (χ0v) is 16.8. The van der Waals surface area contributed by atoms with E-state index < -0.39 is 12.5 Å². The molecule has 8 nitrogen and oxygen atoms in total. The Morgan fingerprint density at radius 2 is 1.20 bits per heavy atom. The quantitative estimate of drug-likeness (QED) is 0.455. The van der Waals surface area contributed by atoms with E-state index in [1.807, 2.05) is 41.5 Å². The van der Waals surface area contributed by atoms with E-state index in [0.717, 1.165) is 11.7 Å². The molecule has 0 aromatic carbocycles. The minimum absolute atomic E-state index is 0.169. The number of hydrogen-bond acceptors (Lipinski definition) is 9. The van der Waals surface area contributed by atoms with Crippen LogP contribution in [0.15, 0.2) is 0 Å². The van der Waals surface area contributed by atoms with Crippen molar-refractivity contribution in [2.24, 2.45) is 0 Å². The molecule has 0 spiro atoms. The fraction of sp³-hybridized carbons (Fsp3) is 0.875. The van der Waals surface area contributed by atoms with E-state index in [1.165, 1.54) is 0 Å². The van der Waals surface area contributed by atoms with Gasteiger partial charge in [0.25, 0.3) is 11.8 Å². The summed E-state index contributed by atoms with van der Waals surface area (Å²) in [5.74, 6) is 0.623. The van der Waals surface area contributed by atoms with Crippen LogP contribution in [0.1, 0.15) is 54.4 Å². The lowest BCUT2D eigenvalue weighted by molar-refractivity contribution is 0.0761. The van der Waals surface area contributed by atoms with E-state index in [2.05, 4.69) is 19.4 Å². The first-order chi connectivity index (χ1) is 11.5. The third kappa shape index (κ3) is 10.6. The normalized spacial score (nSPS) is 15.0. The van der Waals surface area contributed by atoms with Crippen LogP contribution in [-0.2, 0) is 0 Å². The summed E-state index contributed by atoms with van der Waals surface area (Å²) in [4.78, 5) is 0. The van der Waals surface area contributed by atoms with Gasteiger partial charge in [0.05, 0.1) is 24.9 Å². The van der Waals surface area contributed by atoms with Crippen molar-refractivity contribution in [3.63, 3.8) is 0 Å². The Morgan fingerprint density at radius 3 is 1.52 bits per heavy atom. The Morgan fingerprint density at radius 1 is 0.840 bits per heavy atom. The molecule has 4 N–H and O–H groups in total. The predicted molar refractivity (Wildman–Crippen MR) is 97.9 cm³/mol. The van der Waals surface area contributed by atoms with Crippen molar-refractivity contribution in [3.8, 4) is 11.8 Å². The number of nitrogens with one attached hydrogen (secondary N) is 2. The summed E-state index contributed by atoms with van der Waals surface area (Å²) in [5, 5.41) is 25.9. The second-order valence-corrected chi connectivity index (χ2v) is 8.50. The Hall–Kier alpha value is -1.00. The molecule has 0 aliphatic carbocycles. The zero-order chi connectivity index (χ0) is 19.1. The molecule has 0 amide bonds. The molecule has 0 aliphatic heterocycles. The summed E-state index contributed by atoms with van der Waals surface area (Å²) in [6, 6.07) is 0. The number of hydrogen-bond donors (Lipinski definition) is 4. The molecule has 2 unspecified atom stereocenters. The van der Waals surface area contributed by atoms with Gasteiger partial charge in [0, 0.05) is 23.9 Å². The van der Waals surface area contributed by atoms with Crippen LogP contribution in [0.4, 0.5) is 0 Å². The fourth-order valence-electron chi connectivity index (χ4n) is 2.03. The topological polar surface area (TPSA) is 109 Å². The van der Waals surface area contributed by atoms with Crippen molar-refractivity contribution in [1.82, 2.24) is 19.4 Å². The van der Waals surface area contributed by atoms with Crippen LogP contribution >= 0.6 is 11.7 Å². The maximum absolute atomic E-state index is 9.89. The maximum atomic E-state index is 9.89. The molecule has 1 aromatic rings. The third-order valence-corrected chi connectivity index (χ3v) is 3.38. The van der Waals surface area contributed by atoms with Gasteiger partial charge in [-0.2, -0.15) is 0 Å². The van der Waals surface area contributed by atoms with Crippen LogP contribution in [0.5, 0.6) is 11.8 Å². The van der Waals surface area contributed by atoms with Crippen molar-refractivity contribution < 1.29 is 19.7 Å². The van der Waals surface area contributed by atoms with Crippen molar-refractivity contribution in [2.75, 3.05) is 13.2 Å². The highest BCUT2D eigenvalue weighted by Crippen LogP contribution is 2.24. The number of nitrogens with zero attached hydrogens (tertiary/aromatic N) is 2. The molecule has 0 fully saturated rings. The Balaban J connectivity index is 2.32. The molecule has 1 rings (SSSR count). The number of aromatic nitrogens is 2. The number of ether oxygens (including phenoxy) is 2. The molecule has 25 heavy (non-hydrogen) atoms. The van der Waals surface area contributed by atoms with Gasteiger partial charge in [0.1, 0.15) is 12.5 Å². The van der Waals surface area contributed by atoms with Gasteiger partial charge in [-0.3, -0.25) is 10.6 Å². The van der Waals surface area contributed by atoms with Gasteiger partial charge in [-0.1, -0.05) is 0 Å². The summed E-state index contributed by atoms with van der Waals surface area (Å²) in [6.45, 7) is 12.5. The largest absolute Gasteiger partial charge is 0.473 e. The fourth-order valence-corrected chi connectivity index (χ4v) is 2.48. The molecule has 0 saturated heterocycles. The van der Waals surface area contributed by atoms with Gasteiger partial charge >= 0.3 is 0 Å². The van der Waals surface area contributed by atoms with Crippen molar-refractivity contribution in [2.45, 2.75) is 77.9 Å². The highest BCUT2D eigenvalue weighted by Gasteiger charge is 2.18. The first kappa shape index (κ1) is 22.0. The maximum Gasteiger partial charge on any atom is 0.291 e. The van der Waals surface area contributed by atoms with E-state index >= 15 is 0 Å². The second kappa shape index (κ2) is 9.63. The Bertz CT molecular complexity index is 457. The molecule has 0 radical (unpaired) electrons. The first-order valence-corrected chi connectivity index (χ1v) is 9.19. The van der Waals surface area contributed by atoms with Crippen LogP contribution in [-0.4, -0.2) is 55.7 Å². The molecule has 0 aliphatic rings. The molecule has 0 bridgehead atoms. The average molecular weight is 377 g/mol. The van der Waals surface area contributed by atoms with Crippen molar-refractivity contribution in [1.29, 1.82) is 0 Å². The summed E-state index contributed by atoms with van der Waals surface area (Å²) in [6.07, 6.45) is -0.477. The van der Waals surface area contributed by atoms with E-state index in [1.54, 1.807) is 0 Å². The number of aliphatic hydroxyl groups excluding tert-OH is 2.